The van der Waals surface area contributed by atoms with E-state index in [-0.39, 0.29) is 22.5 Å². The summed E-state index contributed by atoms with van der Waals surface area (Å²) in [5.74, 6) is -13.3. The van der Waals surface area contributed by atoms with Crippen LogP contribution in [0.15, 0.2) is 42.5 Å². The Morgan fingerprint density at radius 2 is 1.68 bits per heavy atom. The standard InChI is InChI=1S/C28H23NO9/c1-11(30)13-7-5-12(6-8-13)9-15-14-3-2-4-17(31)19(14)24(34)22-20(15)23(33)16-10-18(32)21(27(29)37)25(35)28(16,38)26(22)36/h2-9,16,20-23,31,33,38H,10H2,1H3,(H2,29,37). The van der Waals surface area contributed by atoms with Crippen LogP contribution in [-0.2, 0) is 19.2 Å². The molecule has 0 heterocycles. The maximum atomic E-state index is 13.8. The first kappa shape index (κ1) is 25.4. The molecule has 0 spiro atoms. The average Bonchev–Trinajstić information content (AvgIpc) is 2.86. The first-order chi connectivity index (χ1) is 17.9. The van der Waals surface area contributed by atoms with Gasteiger partial charge < -0.3 is 21.1 Å². The minimum atomic E-state index is -3.00. The van der Waals surface area contributed by atoms with Crippen LogP contribution in [0.2, 0.25) is 0 Å². The van der Waals surface area contributed by atoms with Crippen LogP contribution in [0, 0.1) is 23.7 Å². The van der Waals surface area contributed by atoms with Crippen molar-refractivity contribution in [3.8, 4) is 5.75 Å². The van der Waals surface area contributed by atoms with Gasteiger partial charge in [-0.15, -0.1) is 0 Å². The number of hydrogen-bond acceptors (Lipinski definition) is 9. The summed E-state index contributed by atoms with van der Waals surface area (Å²) in [6.07, 6.45) is -0.842. The molecule has 10 nitrogen and oxygen atoms in total. The van der Waals surface area contributed by atoms with Gasteiger partial charge in [0.2, 0.25) is 5.91 Å². The van der Waals surface area contributed by atoms with E-state index in [1.807, 2.05) is 0 Å². The molecule has 2 aromatic carbocycles. The van der Waals surface area contributed by atoms with Gasteiger partial charge in [-0.25, -0.2) is 0 Å². The van der Waals surface area contributed by atoms with Gasteiger partial charge in [0.25, 0.3) is 0 Å². The largest absolute Gasteiger partial charge is 0.507 e. The molecule has 0 bridgehead atoms. The molecule has 10 heteroatoms. The van der Waals surface area contributed by atoms with Gasteiger partial charge in [0.05, 0.1) is 17.6 Å². The molecule has 5 rings (SSSR count). The van der Waals surface area contributed by atoms with Gasteiger partial charge in [-0.3, -0.25) is 28.8 Å². The van der Waals surface area contributed by atoms with Gasteiger partial charge in [-0.05, 0) is 29.7 Å². The van der Waals surface area contributed by atoms with E-state index in [1.165, 1.54) is 25.1 Å². The lowest BCUT2D eigenvalue weighted by Gasteiger charge is -2.51. The third kappa shape index (κ3) is 3.41. The number of Topliss-reactive ketones (excluding diaryl/α,β-unsaturated/α-hetero) is 5. The Balaban J connectivity index is 1.72. The number of amides is 1. The van der Waals surface area contributed by atoms with E-state index >= 15 is 0 Å². The molecule has 6 atom stereocenters. The highest BCUT2D eigenvalue weighted by molar-refractivity contribution is 6.32. The second-order valence-electron chi connectivity index (χ2n) is 9.94. The van der Waals surface area contributed by atoms with Gasteiger partial charge in [0, 0.05) is 23.8 Å². The van der Waals surface area contributed by atoms with Gasteiger partial charge in [0.1, 0.15) is 5.75 Å². The van der Waals surface area contributed by atoms with E-state index in [9.17, 15) is 44.1 Å². The average molecular weight is 517 g/mol. The summed E-state index contributed by atoms with van der Waals surface area (Å²) in [5, 5.41) is 33.4. The zero-order valence-corrected chi connectivity index (χ0v) is 20.1. The lowest BCUT2D eigenvalue weighted by atomic mass is 9.51. The minimum absolute atomic E-state index is 0.156. The molecule has 2 aromatic rings. The lowest BCUT2D eigenvalue weighted by Crippen LogP contribution is -2.72. The predicted molar refractivity (Wildman–Crippen MR) is 131 cm³/mol. The number of fused-ring (bicyclic) bond motifs is 3. The third-order valence-electron chi connectivity index (χ3n) is 7.88. The first-order valence-electron chi connectivity index (χ1n) is 11.9. The van der Waals surface area contributed by atoms with Crippen LogP contribution in [0.4, 0.5) is 0 Å². The van der Waals surface area contributed by atoms with Crippen LogP contribution < -0.4 is 5.73 Å². The van der Waals surface area contributed by atoms with Gasteiger partial charge >= 0.3 is 0 Å². The van der Waals surface area contributed by atoms with Crippen molar-refractivity contribution >= 4 is 46.5 Å². The summed E-state index contributed by atoms with van der Waals surface area (Å²) >= 11 is 0. The second-order valence-corrected chi connectivity index (χ2v) is 9.94. The molecule has 3 aliphatic rings. The molecule has 0 aromatic heterocycles. The zero-order valence-electron chi connectivity index (χ0n) is 20.1. The summed E-state index contributed by atoms with van der Waals surface area (Å²) < 4.78 is 0. The van der Waals surface area contributed by atoms with E-state index in [0.717, 1.165) is 0 Å². The zero-order chi connectivity index (χ0) is 27.7. The summed E-state index contributed by atoms with van der Waals surface area (Å²) in [7, 11) is 0. The smallest absolute Gasteiger partial charge is 0.235 e. The van der Waals surface area contributed by atoms with Crippen molar-refractivity contribution in [3.05, 3.63) is 64.7 Å². The van der Waals surface area contributed by atoms with Crippen molar-refractivity contribution in [2.45, 2.75) is 25.0 Å². The molecule has 1 amide bonds. The number of carbonyl (C=O) groups excluding carboxylic acids is 6. The molecule has 6 unspecified atom stereocenters. The molecule has 3 aliphatic carbocycles. The number of benzene rings is 2. The molecule has 194 valence electrons. The van der Waals surface area contributed by atoms with Crippen molar-refractivity contribution in [3.63, 3.8) is 0 Å². The van der Waals surface area contributed by atoms with Gasteiger partial charge in [-0.1, -0.05) is 42.5 Å². The van der Waals surface area contributed by atoms with Crippen LogP contribution in [0.25, 0.3) is 11.6 Å². The Labute approximate surface area is 215 Å². The van der Waals surface area contributed by atoms with E-state index < -0.39 is 76.6 Å². The number of phenolic OH excluding ortho intramolecular Hbond substituents is 1. The Hall–Kier alpha value is -4.28. The van der Waals surface area contributed by atoms with Crippen molar-refractivity contribution in [1.82, 2.24) is 0 Å². The normalized spacial score (nSPS) is 31.4. The van der Waals surface area contributed by atoms with Crippen molar-refractivity contribution in [1.29, 1.82) is 0 Å². The molecule has 5 N–H and O–H groups in total. The molecular formula is C28H23NO9. The molecular weight excluding hydrogens is 494 g/mol. The number of aliphatic hydroxyl groups excluding tert-OH is 1. The van der Waals surface area contributed by atoms with E-state index in [4.69, 9.17) is 5.73 Å². The Kier molecular flexibility index (Phi) is 5.77. The lowest BCUT2D eigenvalue weighted by molar-refractivity contribution is -0.185. The number of primary amides is 1. The predicted octanol–water partition coefficient (Wildman–Crippen LogP) is 0.498. The maximum Gasteiger partial charge on any atom is 0.235 e. The minimum Gasteiger partial charge on any atom is -0.507 e. The van der Waals surface area contributed by atoms with Crippen LogP contribution in [0.5, 0.6) is 5.75 Å². The number of aliphatic hydroxyl groups is 2. The van der Waals surface area contributed by atoms with Gasteiger partial charge in [-0.2, -0.15) is 0 Å². The summed E-state index contributed by atoms with van der Waals surface area (Å²) in [4.78, 5) is 76.7. The quantitative estimate of drug-likeness (QED) is 0.332. The van der Waals surface area contributed by atoms with Crippen LogP contribution >= 0.6 is 0 Å². The fraction of sp³-hybridized carbons (Fsp3) is 0.286. The summed E-state index contributed by atoms with van der Waals surface area (Å²) in [5.41, 5.74) is 3.44. The van der Waals surface area contributed by atoms with E-state index in [1.54, 1.807) is 30.3 Å². The summed E-state index contributed by atoms with van der Waals surface area (Å²) in [6.45, 7) is 1.41. The Morgan fingerprint density at radius 3 is 2.29 bits per heavy atom. The van der Waals surface area contributed by atoms with Gasteiger partial charge in [0.15, 0.2) is 40.4 Å². The van der Waals surface area contributed by atoms with Crippen molar-refractivity contribution in [2.24, 2.45) is 29.4 Å². The molecule has 0 saturated heterocycles. The topological polar surface area (TPSA) is 189 Å². The third-order valence-corrected chi connectivity index (χ3v) is 7.88. The number of nitrogens with two attached hydrogens (primary N) is 1. The monoisotopic (exact) mass is 517 g/mol. The molecule has 2 saturated carbocycles. The van der Waals surface area contributed by atoms with E-state index in [0.29, 0.717) is 11.1 Å². The Bertz CT molecular complexity index is 1490. The number of ketones is 5. The molecule has 38 heavy (non-hydrogen) atoms. The Morgan fingerprint density at radius 1 is 1.03 bits per heavy atom. The SMILES string of the molecule is CC(=O)c1ccc(C=C2c3cccc(O)c3C(=O)C3C(=O)C4(O)C(=O)C(C(N)=O)C(=O)CC4C(O)C23)cc1. The second kappa shape index (κ2) is 8.64. The van der Waals surface area contributed by atoms with Crippen LogP contribution in [-0.4, -0.2) is 61.8 Å². The van der Waals surface area contributed by atoms with Crippen molar-refractivity contribution < 1.29 is 44.1 Å². The van der Waals surface area contributed by atoms with Crippen LogP contribution in [0.1, 0.15) is 45.2 Å². The number of hydrogen-bond donors (Lipinski definition) is 4. The highest BCUT2D eigenvalue weighted by Crippen LogP contribution is 2.54. The fourth-order valence-electron chi connectivity index (χ4n) is 6.03. The maximum absolute atomic E-state index is 13.8. The van der Waals surface area contributed by atoms with E-state index in [2.05, 4.69) is 0 Å². The first-order valence-corrected chi connectivity index (χ1v) is 11.9. The van der Waals surface area contributed by atoms with Crippen molar-refractivity contribution in [2.75, 3.05) is 0 Å². The number of aromatic hydroxyl groups is 1. The van der Waals surface area contributed by atoms with Crippen LogP contribution in [0.3, 0.4) is 0 Å². The number of rotatable bonds is 3. The molecule has 2 fully saturated rings. The number of carbonyl (C=O) groups is 6. The highest BCUT2D eigenvalue weighted by Gasteiger charge is 2.69. The summed E-state index contributed by atoms with van der Waals surface area (Å²) in [6, 6.07) is 10.6. The molecule has 0 radical (unpaired) electrons. The number of phenols is 1. The molecule has 0 aliphatic heterocycles. The fourth-order valence-corrected chi connectivity index (χ4v) is 6.03. The highest BCUT2D eigenvalue weighted by atomic mass is 16.3.